The molecule has 0 atom stereocenters. The minimum atomic E-state index is -3.50. The fourth-order valence-electron chi connectivity index (χ4n) is 6.46. The minimum absolute atomic E-state index is 0.00144. The van der Waals surface area contributed by atoms with Crippen LogP contribution in [0.5, 0.6) is 11.5 Å². The molecule has 8 nitrogen and oxygen atoms in total. The SMILES string of the molecule is COC(=O)c1ccc(OC(F)(F)C2CCC(C3CCC(C(F)(F)Oc4ccc5c(c4)C(=O)OC5=O)CC3)CC2)cc1C=O. The molecule has 12 heteroatoms. The summed E-state index contributed by atoms with van der Waals surface area (Å²) < 4.78 is 79.2. The molecule has 0 bridgehead atoms. The van der Waals surface area contributed by atoms with Crippen molar-refractivity contribution in [2.24, 2.45) is 23.7 Å². The normalized spacial score (nSPS) is 24.1. The second-order valence-electron chi connectivity index (χ2n) is 11.3. The quantitative estimate of drug-likeness (QED) is 0.132. The van der Waals surface area contributed by atoms with Crippen molar-refractivity contribution in [3.05, 3.63) is 58.7 Å². The van der Waals surface area contributed by atoms with Crippen LogP contribution in [0.4, 0.5) is 17.6 Å². The summed E-state index contributed by atoms with van der Waals surface area (Å²) in [5.41, 5.74) is -0.290. The van der Waals surface area contributed by atoms with Crippen molar-refractivity contribution in [1.29, 1.82) is 0 Å². The Morgan fingerprint density at radius 3 is 1.77 bits per heavy atom. The number of benzene rings is 2. The van der Waals surface area contributed by atoms with Gasteiger partial charge in [0.2, 0.25) is 0 Å². The molecule has 2 saturated carbocycles. The molecule has 2 aromatic carbocycles. The summed E-state index contributed by atoms with van der Waals surface area (Å²) in [6, 6.07) is 6.98. The van der Waals surface area contributed by atoms with E-state index >= 15 is 17.6 Å². The van der Waals surface area contributed by atoms with Crippen LogP contribution in [-0.2, 0) is 9.47 Å². The van der Waals surface area contributed by atoms with Gasteiger partial charge >= 0.3 is 30.1 Å². The van der Waals surface area contributed by atoms with Crippen molar-refractivity contribution in [3.63, 3.8) is 0 Å². The predicted octanol–water partition coefficient (Wildman–Crippen LogP) is 6.85. The fraction of sp³-hybridized carbons (Fsp3) is 0.484. The number of ether oxygens (including phenoxy) is 4. The molecule has 2 aromatic rings. The van der Waals surface area contributed by atoms with Crippen molar-refractivity contribution in [2.45, 2.75) is 63.6 Å². The van der Waals surface area contributed by atoms with Crippen LogP contribution in [0.1, 0.15) is 92.8 Å². The number of fused-ring (bicyclic) bond motifs is 1. The molecule has 2 aliphatic carbocycles. The van der Waals surface area contributed by atoms with E-state index in [2.05, 4.69) is 9.47 Å². The van der Waals surface area contributed by atoms with Crippen LogP contribution in [0.15, 0.2) is 36.4 Å². The standard InChI is InChI=1S/C31H30F4O8/c1-40-27(37)24-12-10-22(14-19(24)16-36)42-30(32,33)20-6-2-17(3-7-20)18-4-8-21(9-5-18)31(34,35)43-23-11-13-25-26(15-23)29(39)41-28(25)38/h10-18,20-21H,2-9H2,1H3. The molecule has 5 rings (SSSR count). The Hall–Kier alpha value is -3.96. The summed E-state index contributed by atoms with van der Waals surface area (Å²) in [7, 11) is 1.14. The van der Waals surface area contributed by atoms with Gasteiger partial charge in [0.1, 0.15) is 11.5 Å². The zero-order valence-electron chi connectivity index (χ0n) is 23.3. The molecule has 2 fully saturated rings. The Morgan fingerprint density at radius 2 is 1.26 bits per heavy atom. The highest BCUT2D eigenvalue weighted by Gasteiger charge is 2.48. The maximum absolute atomic E-state index is 15.1. The lowest BCUT2D eigenvalue weighted by Crippen LogP contribution is -2.40. The highest BCUT2D eigenvalue weighted by molar-refractivity contribution is 6.14. The lowest BCUT2D eigenvalue weighted by molar-refractivity contribution is -0.228. The van der Waals surface area contributed by atoms with E-state index < -0.39 is 42.0 Å². The van der Waals surface area contributed by atoms with Crippen LogP contribution in [0.3, 0.4) is 0 Å². The number of halogens is 4. The van der Waals surface area contributed by atoms with Gasteiger partial charge in [-0.05, 0) is 99.6 Å². The molecule has 3 aliphatic rings. The Morgan fingerprint density at radius 1 is 0.767 bits per heavy atom. The van der Waals surface area contributed by atoms with E-state index in [9.17, 15) is 19.2 Å². The molecule has 230 valence electrons. The van der Waals surface area contributed by atoms with Crippen molar-refractivity contribution in [3.8, 4) is 11.5 Å². The van der Waals surface area contributed by atoms with Crippen LogP contribution < -0.4 is 9.47 Å². The van der Waals surface area contributed by atoms with Gasteiger partial charge in [-0.1, -0.05) is 0 Å². The minimum Gasteiger partial charge on any atom is -0.465 e. The van der Waals surface area contributed by atoms with E-state index in [1.54, 1.807) is 0 Å². The maximum atomic E-state index is 15.1. The summed E-state index contributed by atoms with van der Waals surface area (Å²) in [4.78, 5) is 46.4. The molecule has 0 aromatic heterocycles. The number of hydrogen-bond acceptors (Lipinski definition) is 8. The Labute approximate surface area is 244 Å². The van der Waals surface area contributed by atoms with E-state index in [1.165, 1.54) is 24.3 Å². The Balaban J connectivity index is 1.12. The molecule has 0 unspecified atom stereocenters. The van der Waals surface area contributed by atoms with E-state index in [4.69, 9.17) is 9.47 Å². The lowest BCUT2D eigenvalue weighted by atomic mass is 9.69. The van der Waals surface area contributed by atoms with Crippen molar-refractivity contribution in [2.75, 3.05) is 7.11 Å². The summed E-state index contributed by atoms with van der Waals surface area (Å²) >= 11 is 0. The first-order valence-corrected chi connectivity index (χ1v) is 14.1. The van der Waals surface area contributed by atoms with Crippen LogP contribution >= 0.6 is 0 Å². The predicted molar refractivity (Wildman–Crippen MR) is 141 cm³/mol. The summed E-state index contributed by atoms with van der Waals surface area (Å²) in [6.07, 6.45) is -3.80. The van der Waals surface area contributed by atoms with Crippen molar-refractivity contribution in [1.82, 2.24) is 0 Å². The topological polar surface area (TPSA) is 105 Å². The van der Waals surface area contributed by atoms with Gasteiger partial charge in [0.05, 0.1) is 35.6 Å². The molecule has 0 saturated heterocycles. The number of methoxy groups -OCH3 is 1. The number of hydrogen-bond donors (Lipinski definition) is 0. The molecule has 0 amide bonds. The van der Waals surface area contributed by atoms with Crippen LogP contribution in [0.2, 0.25) is 0 Å². The first kappa shape index (κ1) is 30.5. The zero-order chi connectivity index (χ0) is 30.9. The fourth-order valence-corrected chi connectivity index (χ4v) is 6.46. The zero-order valence-corrected chi connectivity index (χ0v) is 23.3. The third kappa shape index (κ3) is 6.37. The molecular formula is C31H30F4O8. The number of rotatable bonds is 9. The van der Waals surface area contributed by atoms with Gasteiger partial charge in [-0.3, -0.25) is 4.79 Å². The second-order valence-corrected chi connectivity index (χ2v) is 11.3. The van der Waals surface area contributed by atoms with Gasteiger partial charge in [-0.15, -0.1) is 0 Å². The highest BCUT2D eigenvalue weighted by Crippen LogP contribution is 2.48. The monoisotopic (exact) mass is 606 g/mol. The molecule has 0 spiro atoms. The molecule has 0 radical (unpaired) electrons. The number of aldehydes is 1. The van der Waals surface area contributed by atoms with Crippen LogP contribution in [0.25, 0.3) is 0 Å². The summed E-state index contributed by atoms with van der Waals surface area (Å²) in [6.45, 7) is 0. The smallest absolute Gasteiger partial charge is 0.400 e. The van der Waals surface area contributed by atoms with Crippen molar-refractivity contribution < 1.29 is 55.7 Å². The first-order valence-electron chi connectivity index (χ1n) is 14.1. The highest BCUT2D eigenvalue weighted by atomic mass is 19.3. The molecule has 43 heavy (non-hydrogen) atoms. The average Bonchev–Trinajstić information content (AvgIpc) is 3.28. The Bertz CT molecular complexity index is 1410. The number of carbonyl (C=O) groups excluding carboxylic acids is 4. The number of esters is 3. The Kier molecular flexibility index (Phi) is 8.49. The van der Waals surface area contributed by atoms with Crippen molar-refractivity contribution >= 4 is 24.2 Å². The van der Waals surface area contributed by atoms with Gasteiger partial charge in [-0.2, -0.15) is 17.6 Å². The average molecular weight is 607 g/mol. The number of cyclic esters (lactones) is 2. The van der Waals surface area contributed by atoms with E-state index in [0.29, 0.717) is 32.0 Å². The third-order valence-corrected chi connectivity index (χ3v) is 8.84. The molecular weight excluding hydrogens is 576 g/mol. The van der Waals surface area contributed by atoms with Gasteiger partial charge < -0.3 is 18.9 Å². The van der Waals surface area contributed by atoms with Crippen LogP contribution in [0, 0.1) is 23.7 Å². The van der Waals surface area contributed by atoms with Gasteiger partial charge in [0.25, 0.3) is 0 Å². The molecule has 1 heterocycles. The molecule has 1 aliphatic heterocycles. The largest absolute Gasteiger partial charge is 0.465 e. The number of alkyl halides is 4. The second kappa shape index (κ2) is 12.0. The summed E-state index contributed by atoms with van der Waals surface area (Å²) in [5.74, 6) is -4.84. The summed E-state index contributed by atoms with van der Waals surface area (Å²) in [5, 5.41) is 0. The third-order valence-electron chi connectivity index (χ3n) is 8.84. The van der Waals surface area contributed by atoms with Gasteiger partial charge in [-0.25, -0.2) is 14.4 Å². The van der Waals surface area contributed by atoms with E-state index in [1.807, 2.05) is 0 Å². The van der Waals surface area contributed by atoms with Crippen LogP contribution in [-0.4, -0.2) is 43.5 Å². The number of carbonyl (C=O) groups is 4. The molecule has 0 N–H and O–H groups in total. The van der Waals surface area contributed by atoms with E-state index in [-0.39, 0.29) is 71.3 Å². The van der Waals surface area contributed by atoms with Gasteiger partial charge in [0.15, 0.2) is 6.29 Å². The van der Waals surface area contributed by atoms with Gasteiger partial charge in [0, 0.05) is 5.56 Å². The van der Waals surface area contributed by atoms with E-state index in [0.717, 1.165) is 19.2 Å². The lowest BCUT2D eigenvalue weighted by Gasteiger charge is -2.40. The first-order chi connectivity index (χ1) is 20.4. The maximum Gasteiger partial charge on any atom is 0.400 e.